The summed E-state index contributed by atoms with van der Waals surface area (Å²) in [6.07, 6.45) is 2.58. The molecule has 0 saturated heterocycles. The summed E-state index contributed by atoms with van der Waals surface area (Å²) < 4.78 is 8.30. The molecule has 6 rings (SSSR count). The van der Waals surface area contributed by atoms with E-state index in [-0.39, 0.29) is 0 Å². The number of H-pyrrole nitrogens is 1. The molecular formula is C30H28N8O. The molecular weight excluding hydrogens is 488 g/mol. The lowest BCUT2D eigenvalue weighted by atomic mass is 9.98. The maximum atomic E-state index is 6.08. The molecule has 0 saturated carbocycles. The van der Waals surface area contributed by atoms with E-state index in [4.69, 9.17) is 14.7 Å². The fraction of sp³-hybridized carbons (Fsp3) is 0.200. The van der Waals surface area contributed by atoms with Crippen molar-refractivity contribution in [2.24, 2.45) is 0 Å². The van der Waals surface area contributed by atoms with Gasteiger partial charge in [-0.2, -0.15) is 5.21 Å². The number of nitrogens with one attached hydrogen (secondary N) is 1. The lowest BCUT2D eigenvalue weighted by molar-refractivity contribution is 0.463. The number of hydrogen-bond donors (Lipinski definition) is 1. The Morgan fingerprint density at radius 1 is 0.897 bits per heavy atom. The quantitative estimate of drug-likeness (QED) is 0.277. The van der Waals surface area contributed by atoms with Gasteiger partial charge in [-0.05, 0) is 84.1 Å². The molecule has 0 aliphatic rings. The van der Waals surface area contributed by atoms with Gasteiger partial charge in [-0.3, -0.25) is 0 Å². The highest BCUT2D eigenvalue weighted by atomic mass is 16.5. The van der Waals surface area contributed by atoms with Crippen LogP contribution in [0.4, 0.5) is 0 Å². The molecule has 0 fully saturated rings. The molecule has 9 heteroatoms. The minimum absolute atomic E-state index is 0.517. The average molecular weight is 517 g/mol. The number of pyridine rings is 2. The molecule has 0 bridgehead atoms. The monoisotopic (exact) mass is 516 g/mol. The summed E-state index contributed by atoms with van der Waals surface area (Å²) in [6, 6.07) is 20.2. The van der Waals surface area contributed by atoms with E-state index in [9.17, 15) is 0 Å². The van der Waals surface area contributed by atoms with Crippen molar-refractivity contribution in [1.29, 1.82) is 0 Å². The van der Waals surface area contributed by atoms with Gasteiger partial charge in [-0.1, -0.05) is 31.2 Å². The molecule has 4 aromatic heterocycles. The predicted molar refractivity (Wildman–Crippen MR) is 150 cm³/mol. The standard InChI is InChI=1S/C30H28N8O/c1-5-26-33-28-19(3)15-20(4)32-30(28)38(26)17-21-6-8-22(9-7-21)25-16-23(39-27-14-18(2)12-13-31-27)10-11-24(25)29-34-36-37-35-29/h6-16H,5,17H2,1-4H3,(H,34,35,36,37). The summed E-state index contributed by atoms with van der Waals surface area (Å²) in [6.45, 7) is 8.95. The number of aryl methyl sites for hydroxylation is 4. The number of rotatable bonds is 7. The third kappa shape index (κ3) is 4.86. The van der Waals surface area contributed by atoms with E-state index in [2.05, 4.69) is 74.4 Å². The van der Waals surface area contributed by atoms with E-state index < -0.39 is 0 Å². The second-order valence-electron chi connectivity index (χ2n) is 9.63. The highest BCUT2D eigenvalue weighted by molar-refractivity contribution is 5.82. The third-order valence-electron chi connectivity index (χ3n) is 6.71. The molecule has 6 aromatic rings. The van der Waals surface area contributed by atoms with Crippen molar-refractivity contribution in [3.63, 3.8) is 0 Å². The number of imidazole rings is 1. The maximum Gasteiger partial charge on any atom is 0.219 e. The summed E-state index contributed by atoms with van der Waals surface area (Å²) in [7, 11) is 0. The van der Waals surface area contributed by atoms with Gasteiger partial charge in [0, 0.05) is 29.9 Å². The minimum Gasteiger partial charge on any atom is -0.439 e. The van der Waals surface area contributed by atoms with Crippen molar-refractivity contribution in [2.45, 2.75) is 40.7 Å². The van der Waals surface area contributed by atoms with Crippen molar-refractivity contribution in [2.75, 3.05) is 0 Å². The molecule has 0 atom stereocenters. The molecule has 39 heavy (non-hydrogen) atoms. The summed E-state index contributed by atoms with van der Waals surface area (Å²) in [5, 5.41) is 14.7. The van der Waals surface area contributed by atoms with Crippen LogP contribution < -0.4 is 4.74 Å². The summed E-state index contributed by atoms with van der Waals surface area (Å²) in [5.41, 5.74) is 9.09. The summed E-state index contributed by atoms with van der Waals surface area (Å²) in [5.74, 6) is 2.77. The average Bonchev–Trinajstić information content (AvgIpc) is 3.58. The first-order valence-corrected chi connectivity index (χ1v) is 12.9. The van der Waals surface area contributed by atoms with Gasteiger partial charge >= 0.3 is 0 Å². The minimum atomic E-state index is 0.517. The Labute approximate surface area is 225 Å². The lowest BCUT2D eigenvalue weighted by Crippen LogP contribution is -2.05. The van der Waals surface area contributed by atoms with Crippen molar-refractivity contribution in [1.82, 2.24) is 40.1 Å². The molecule has 194 valence electrons. The normalized spacial score (nSPS) is 11.3. The van der Waals surface area contributed by atoms with E-state index in [1.807, 2.05) is 44.2 Å². The number of ether oxygens (including phenoxy) is 1. The topological polar surface area (TPSA) is 107 Å². The molecule has 9 nitrogen and oxygen atoms in total. The Hall–Kier alpha value is -4.92. The number of benzene rings is 2. The van der Waals surface area contributed by atoms with Crippen LogP contribution in [-0.4, -0.2) is 40.1 Å². The molecule has 0 amide bonds. The molecule has 0 unspecified atom stereocenters. The van der Waals surface area contributed by atoms with Crippen LogP contribution in [0.15, 0.2) is 66.9 Å². The third-order valence-corrected chi connectivity index (χ3v) is 6.71. The fourth-order valence-corrected chi connectivity index (χ4v) is 4.84. The first-order chi connectivity index (χ1) is 19.0. The van der Waals surface area contributed by atoms with Gasteiger partial charge in [0.25, 0.3) is 0 Å². The lowest BCUT2D eigenvalue weighted by Gasteiger charge is -2.13. The molecule has 4 heterocycles. The second-order valence-corrected chi connectivity index (χ2v) is 9.63. The van der Waals surface area contributed by atoms with E-state index in [1.165, 1.54) is 0 Å². The van der Waals surface area contributed by atoms with Gasteiger partial charge in [0.1, 0.15) is 17.1 Å². The predicted octanol–water partition coefficient (Wildman–Crippen LogP) is 6.00. The number of fused-ring (bicyclic) bond motifs is 1. The van der Waals surface area contributed by atoms with Crippen LogP contribution in [0.2, 0.25) is 0 Å². The zero-order valence-electron chi connectivity index (χ0n) is 22.3. The smallest absolute Gasteiger partial charge is 0.219 e. The Morgan fingerprint density at radius 3 is 2.49 bits per heavy atom. The van der Waals surface area contributed by atoms with Crippen molar-refractivity contribution in [3.05, 3.63) is 95.1 Å². The van der Waals surface area contributed by atoms with Crippen LogP contribution >= 0.6 is 0 Å². The summed E-state index contributed by atoms with van der Waals surface area (Å²) in [4.78, 5) is 14.0. The van der Waals surface area contributed by atoms with Crippen LogP contribution in [0.25, 0.3) is 33.7 Å². The zero-order valence-corrected chi connectivity index (χ0v) is 22.3. The zero-order chi connectivity index (χ0) is 26.9. The van der Waals surface area contributed by atoms with Gasteiger partial charge in [-0.15, -0.1) is 10.2 Å². The second kappa shape index (κ2) is 10.1. The molecule has 1 N–H and O–H groups in total. The number of aromatic amines is 1. The highest BCUT2D eigenvalue weighted by Gasteiger charge is 2.16. The Balaban J connectivity index is 1.36. The van der Waals surface area contributed by atoms with Crippen molar-refractivity contribution in [3.8, 4) is 34.1 Å². The number of nitrogens with zero attached hydrogens (tertiary/aromatic N) is 7. The highest BCUT2D eigenvalue weighted by Crippen LogP contribution is 2.35. The van der Waals surface area contributed by atoms with Gasteiger partial charge in [0.05, 0.1) is 6.54 Å². The molecule has 2 aromatic carbocycles. The van der Waals surface area contributed by atoms with Gasteiger partial charge in [0.2, 0.25) is 11.7 Å². The van der Waals surface area contributed by atoms with Crippen LogP contribution in [0.1, 0.15) is 35.1 Å². The molecule has 0 aliphatic heterocycles. The number of tetrazole rings is 1. The Bertz CT molecular complexity index is 1770. The number of hydrogen-bond acceptors (Lipinski definition) is 7. The SMILES string of the molecule is CCc1nc2c(C)cc(C)nc2n1Cc1ccc(-c2cc(Oc3cc(C)ccn3)ccc2-c2nn[nH]n2)cc1. The van der Waals surface area contributed by atoms with Crippen molar-refractivity contribution >= 4 is 11.2 Å². The molecule has 0 spiro atoms. The van der Waals surface area contributed by atoms with Crippen LogP contribution in [0, 0.1) is 20.8 Å². The Morgan fingerprint density at radius 2 is 1.74 bits per heavy atom. The maximum absolute atomic E-state index is 6.08. The van der Waals surface area contributed by atoms with Crippen LogP contribution in [0.3, 0.4) is 0 Å². The first-order valence-electron chi connectivity index (χ1n) is 12.9. The van der Waals surface area contributed by atoms with Crippen LogP contribution in [0.5, 0.6) is 11.6 Å². The largest absolute Gasteiger partial charge is 0.439 e. The van der Waals surface area contributed by atoms with Gasteiger partial charge in [0.15, 0.2) is 5.65 Å². The van der Waals surface area contributed by atoms with E-state index >= 15 is 0 Å². The number of aromatic nitrogens is 8. The Kier molecular flexibility index (Phi) is 6.32. The van der Waals surface area contributed by atoms with E-state index in [0.717, 1.165) is 62.5 Å². The van der Waals surface area contributed by atoms with Crippen molar-refractivity contribution < 1.29 is 4.74 Å². The van der Waals surface area contributed by atoms with E-state index in [0.29, 0.717) is 24.0 Å². The fourth-order valence-electron chi connectivity index (χ4n) is 4.84. The first kappa shape index (κ1) is 24.4. The molecule has 0 aliphatic carbocycles. The van der Waals surface area contributed by atoms with Gasteiger partial charge in [-0.25, -0.2) is 15.0 Å². The van der Waals surface area contributed by atoms with Gasteiger partial charge < -0.3 is 9.30 Å². The van der Waals surface area contributed by atoms with Crippen LogP contribution in [-0.2, 0) is 13.0 Å². The summed E-state index contributed by atoms with van der Waals surface area (Å²) >= 11 is 0. The molecule has 0 radical (unpaired) electrons. The van der Waals surface area contributed by atoms with E-state index in [1.54, 1.807) is 6.20 Å².